The quantitative estimate of drug-likeness (QED) is 0.616. The Morgan fingerprint density at radius 3 is 2.20 bits per heavy atom. The van der Waals surface area contributed by atoms with E-state index in [0.29, 0.717) is 25.2 Å². The highest BCUT2D eigenvalue weighted by atomic mass is 16.2. The van der Waals surface area contributed by atoms with Crippen LogP contribution in [0.15, 0.2) is 30.3 Å². The fourth-order valence-corrected chi connectivity index (χ4v) is 1.51. The average Bonchev–Trinajstić information content (AvgIpc) is 2.44. The minimum atomic E-state index is -0.168. The molecule has 1 rings (SSSR count). The average molecular weight is 277 g/mol. The molecule has 0 fully saturated rings. The lowest BCUT2D eigenvalue weighted by atomic mass is 10.2. The molecule has 0 aliphatic rings. The molecule has 6 nitrogen and oxygen atoms in total. The first-order chi connectivity index (χ1) is 9.59. The lowest BCUT2D eigenvalue weighted by Gasteiger charge is -2.07. The highest BCUT2D eigenvalue weighted by Crippen LogP contribution is 1.96. The van der Waals surface area contributed by atoms with Crippen molar-refractivity contribution in [1.29, 1.82) is 0 Å². The van der Waals surface area contributed by atoms with E-state index in [1.54, 1.807) is 24.3 Å². The second kappa shape index (κ2) is 8.68. The van der Waals surface area contributed by atoms with E-state index < -0.39 is 0 Å². The van der Waals surface area contributed by atoms with E-state index in [-0.39, 0.29) is 24.1 Å². The summed E-state index contributed by atoms with van der Waals surface area (Å²) in [5, 5.41) is 7.90. The first-order valence-corrected chi connectivity index (χ1v) is 6.44. The Bertz CT molecular complexity index is 460. The summed E-state index contributed by atoms with van der Waals surface area (Å²) in [5.74, 6) is -0.487. The van der Waals surface area contributed by atoms with Gasteiger partial charge in [-0.15, -0.1) is 0 Å². The summed E-state index contributed by atoms with van der Waals surface area (Å²) in [6.45, 7) is 2.44. The lowest BCUT2D eigenvalue weighted by Crippen LogP contribution is -2.36. The second-order valence-electron chi connectivity index (χ2n) is 4.20. The van der Waals surface area contributed by atoms with E-state index in [1.807, 2.05) is 6.07 Å². The van der Waals surface area contributed by atoms with Gasteiger partial charge in [-0.1, -0.05) is 18.2 Å². The Balaban J connectivity index is 2.11. The number of hydrogen-bond donors (Lipinski definition) is 3. The number of benzene rings is 1. The number of amides is 3. The smallest absolute Gasteiger partial charge is 0.251 e. The third-order valence-corrected chi connectivity index (χ3v) is 2.49. The van der Waals surface area contributed by atoms with Gasteiger partial charge >= 0.3 is 0 Å². The zero-order chi connectivity index (χ0) is 14.8. The zero-order valence-corrected chi connectivity index (χ0v) is 11.4. The first-order valence-electron chi connectivity index (χ1n) is 6.44. The minimum Gasteiger partial charge on any atom is -0.356 e. The molecule has 20 heavy (non-hydrogen) atoms. The van der Waals surface area contributed by atoms with Crippen LogP contribution in [0.3, 0.4) is 0 Å². The molecule has 3 amide bonds. The molecule has 0 bridgehead atoms. The van der Waals surface area contributed by atoms with Crippen LogP contribution in [0.4, 0.5) is 0 Å². The number of hydrogen-bond acceptors (Lipinski definition) is 3. The number of nitrogens with one attached hydrogen (secondary N) is 3. The van der Waals surface area contributed by atoms with Crippen LogP contribution in [0.2, 0.25) is 0 Å². The molecular formula is C14H19N3O3. The molecule has 1 aromatic rings. The van der Waals surface area contributed by atoms with Gasteiger partial charge in [-0.05, 0) is 12.1 Å². The third kappa shape index (κ3) is 6.53. The van der Waals surface area contributed by atoms with Crippen molar-refractivity contribution in [2.24, 2.45) is 0 Å². The molecule has 0 aromatic heterocycles. The number of rotatable bonds is 7. The Hall–Kier alpha value is -2.37. The fourth-order valence-electron chi connectivity index (χ4n) is 1.51. The predicted octanol–water partition coefficient (Wildman–Crippen LogP) is 0.0588. The van der Waals surface area contributed by atoms with Gasteiger partial charge in [0.1, 0.15) is 0 Å². The highest BCUT2D eigenvalue weighted by Gasteiger charge is 2.04. The van der Waals surface area contributed by atoms with Crippen molar-refractivity contribution < 1.29 is 14.4 Å². The normalized spacial score (nSPS) is 9.65. The van der Waals surface area contributed by atoms with Crippen LogP contribution in [-0.4, -0.2) is 37.4 Å². The topological polar surface area (TPSA) is 87.3 Å². The van der Waals surface area contributed by atoms with Crippen LogP contribution in [0.1, 0.15) is 23.7 Å². The van der Waals surface area contributed by atoms with E-state index in [9.17, 15) is 14.4 Å². The SMILES string of the molecule is CC(=O)NCCC(=O)NCCNC(=O)c1ccccc1. The van der Waals surface area contributed by atoms with Gasteiger partial charge in [0.25, 0.3) is 5.91 Å². The van der Waals surface area contributed by atoms with Gasteiger partial charge < -0.3 is 16.0 Å². The van der Waals surface area contributed by atoms with Gasteiger partial charge in [0, 0.05) is 38.5 Å². The van der Waals surface area contributed by atoms with Crippen molar-refractivity contribution in [1.82, 2.24) is 16.0 Å². The summed E-state index contributed by atoms with van der Waals surface area (Å²) in [6, 6.07) is 8.87. The van der Waals surface area contributed by atoms with Crippen LogP contribution in [0.25, 0.3) is 0 Å². The lowest BCUT2D eigenvalue weighted by molar-refractivity contribution is -0.121. The Morgan fingerprint density at radius 1 is 0.900 bits per heavy atom. The molecule has 0 saturated carbocycles. The van der Waals surface area contributed by atoms with E-state index in [1.165, 1.54) is 6.92 Å². The van der Waals surface area contributed by atoms with Gasteiger partial charge in [-0.3, -0.25) is 14.4 Å². The van der Waals surface area contributed by atoms with E-state index >= 15 is 0 Å². The maximum atomic E-state index is 11.7. The van der Waals surface area contributed by atoms with Crippen molar-refractivity contribution in [2.45, 2.75) is 13.3 Å². The van der Waals surface area contributed by atoms with Crippen molar-refractivity contribution >= 4 is 17.7 Å². The Labute approximate surface area is 117 Å². The van der Waals surface area contributed by atoms with E-state index in [2.05, 4.69) is 16.0 Å². The van der Waals surface area contributed by atoms with Gasteiger partial charge in [0.05, 0.1) is 0 Å². The summed E-state index contributed by atoms with van der Waals surface area (Å²) >= 11 is 0. The highest BCUT2D eigenvalue weighted by molar-refractivity contribution is 5.94. The molecule has 0 unspecified atom stereocenters. The number of carbonyl (C=O) groups excluding carboxylic acids is 3. The molecule has 0 saturated heterocycles. The van der Waals surface area contributed by atoms with Crippen LogP contribution >= 0.6 is 0 Å². The monoisotopic (exact) mass is 277 g/mol. The van der Waals surface area contributed by atoms with E-state index in [0.717, 1.165) is 0 Å². The Morgan fingerprint density at radius 2 is 1.55 bits per heavy atom. The molecule has 1 aromatic carbocycles. The predicted molar refractivity (Wildman–Crippen MR) is 75.1 cm³/mol. The van der Waals surface area contributed by atoms with Crippen LogP contribution < -0.4 is 16.0 Å². The molecule has 0 aliphatic carbocycles. The fraction of sp³-hybridized carbons (Fsp3) is 0.357. The van der Waals surface area contributed by atoms with Gasteiger partial charge in [0.2, 0.25) is 11.8 Å². The molecule has 0 heterocycles. The molecule has 6 heteroatoms. The molecule has 3 N–H and O–H groups in total. The molecule has 108 valence electrons. The summed E-state index contributed by atoms with van der Waals surface area (Å²) in [5.41, 5.74) is 0.587. The third-order valence-electron chi connectivity index (χ3n) is 2.49. The molecular weight excluding hydrogens is 258 g/mol. The zero-order valence-electron chi connectivity index (χ0n) is 11.4. The van der Waals surface area contributed by atoms with Gasteiger partial charge in [0.15, 0.2) is 0 Å². The van der Waals surface area contributed by atoms with Crippen molar-refractivity contribution in [3.63, 3.8) is 0 Å². The summed E-state index contributed by atoms with van der Waals surface area (Å²) in [7, 11) is 0. The number of carbonyl (C=O) groups is 3. The Kier molecular flexibility index (Phi) is 6.81. The minimum absolute atomic E-state index is 0.159. The first kappa shape index (κ1) is 15.7. The summed E-state index contributed by atoms with van der Waals surface area (Å²) in [4.78, 5) is 33.6. The van der Waals surface area contributed by atoms with Crippen molar-refractivity contribution in [2.75, 3.05) is 19.6 Å². The van der Waals surface area contributed by atoms with Crippen LogP contribution in [0.5, 0.6) is 0 Å². The van der Waals surface area contributed by atoms with Crippen LogP contribution in [0, 0.1) is 0 Å². The molecule has 0 radical (unpaired) electrons. The second-order valence-corrected chi connectivity index (χ2v) is 4.20. The maximum absolute atomic E-state index is 11.7. The van der Waals surface area contributed by atoms with Gasteiger partial charge in [-0.25, -0.2) is 0 Å². The molecule has 0 atom stereocenters. The summed E-state index contributed by atoms with van der Waals surface area (Å²) in [6.07, 6.45) is 0.228. The standard InChI is InChI=1S/C14H19N3O3/c1-11(18)15-8-7-13(19)16-9-10-17-14(20)12-5-3-2-4-6-12/h2-6H,7-10H2,1H3,(H,15,18)(H,16,19)(H,17,20). The summed E-state index contributed by atoms with van der Waals surface area (Å²) < 4.78 is 0. The van der Waals surface area contributed by atoms with Crippen LogP contribution in [-0.2, 0) is 9.59 Å². The largest absolute Gasteiger partial charge is 0.356 e. The van der Waals surface area contributed by atoms with Crippen molar-refractivity contribution in [3.8, 4) is 0 Å². The van der Waals surface area contributed by atoms with Gasteiger partial charge in [-0.2, -0.15) is 0 Å². The maximum Gasteiger partial charge on any atom is 0.251 e. The van der Waals surface area contributed by atoms with Crippen molar-refractivity contribution in [3.05, 3.63) is 35.9 Å². The molecule has 0 spiro atoms. The van der Waals surface area contributed by atoms with E-state index in [4.69, 9.17) is 0 Å². The molecule has 0 aliphatic heterocycles.